The zero-order valence-corrected chi connectivity index (χ0v) is 13.2. The summed E-state index contributed by atoms with van der Waals surface area (Å²) in [5.41, 5.74) is -2.26. The van der Waals surface area contributed by atoms with E-state index >= 15 is 0 Å². The highest BCUT2D eigenvalue weighted by Crippen LogP contribution is 2.50. The molecule has 8 heteroatoms. The van der Waals surface area contributed by atoms with Crippen LogP contribution in [-0.4, -0.2) is 31.3 Å². The van der Waals surface area contributed by atoms with Gasteiger partial charge in [-0.3, -0.25) is 4.79 Å². The van der Waals surface area contributed by atoms with Crippen molar-refractivity contribution in [2.45, 2.75) is 32.1 Å². The molecule has 0 bridgehead atoms. The summed E-state index contributed by atoms with van der Waals surface area (Å²) in [4.78, 5) is 34.9. The molecule has 0 saturated heterocycles. The van der Waals surface area contributed by atoms with E-state index in [0.717, 1.165) is 6.07 Å². The number of hydrogen-bond donors (Lipinski definition) is 0. The predicted molar refractivity (Wildman–Crippen MR) is 76.3 cm³/mol. The Morgan fingerprint density at radius 3 is 2.21 bits per heavy atom. The highest BCUT2D eigenvalue weighted by atomic mass is 19.1. The van der Waals surface area contributed by atoms with Gasteiger partial charge in [-0.15, -0.1) is 0 Å². The highest BCUT2D eigenvalue weighted by Gasteiger charge is 2.55. The molecule has 1 aliphatic rings. The molecule has 0 heterocycles. The summed E-state index contributed by atoms with van der Waals surface area (Å²) in [5, 5.41) is 0. The van der Waals surface area contributed by atoms with Crippen LogP contribution in [0, 0.1) is 11.6 Å². The van der Waals surface area contributed by atoms with Gasteiger partial charge in [0.2, 0.25) is 0 Å². The Bertz CT molecular complexity index is 681. The van der Waals surface area contributed by atoms with Gasteiger partial charge >= 0.3 is 18.1 Å². The van der Waals surface area contributed by atoms with Crippen molar-refractivity contribution in [1.82, 2.24) is 0 Å². The molecule has 0 atom stereocenters. The zero-order valence-electron chi connectivity index (χ0n) is 13.2. The van der Waals surface area contributed by atoms with Gasteiger partial charge in [0.15, 0.2) is 0 Å². The largest absolute Gasteiger partial charge is 0.516 e. The second kappa shape index (κ2) is 6.94. The summed E-state index contributed by atoms with van der Waals surface area (Å²) in [6.07, 6.45) is -0.807. The van der Waals surface area contributed by atoms with E-state index in [1.54, 1.807) is 0 Å². The van der Waals surface area contributed by atoms with Crippen molar-refractivity contribution in [3.05, 3.63) is 34.9 Å². The first kappa shape index (κ1) is 17.8. The van der Waals surface area contributed by atoms with Gasteiger partial charge in [-0.1, -0.05) is 0 Å². The maximum Gasteiger partial charge on any atom is 0.516 e. The van der Waals surface area contributed by atoms with Gasteiger partial charge in [0.25, 0.3) is 0 Å². The molecule has 0 spiro atoms. The maximum atomic E-state index is 14.3. The minimum Gasteiger partial charge on any atom is -0.462 e. The quantitative estimate of drug-likeness (QED) is 0.605. The van der Waals surface area contributed by atoms with Gasteiger partial charge in [-0.25, -0.2) is 18.4 Å². The SMILES string of the molecule is CCOC(=O)OC(=O)C1(c2cc(F)c(C(=O)OCC)cc2F)CC1. The van der Waals surface area contributed by atoms with E-state index < -0.39 is 40.7 Å². The van der Waals surface area contributed by atoms with Gasteiger partial charge < -0.3 is 14.2 Å². The Morgan fingerprint density at radius 1 is 1.04 bits per heavy atom. The van der Waals surface area contributed by atoms with Crippen molar-refractivity contribution >= 4 is 18.1 Å². The lowest BCUT2D eigenvalue weighted by Crippen LogP contribution is -2.28. The van der Waals surface area contributed by atoms with Crippen LogP contribution in [0.5, 0.6) is 0 Å². The average molecular weight is 342 g/mol. The fourth-order valence-corrected chi connectivity index (χ4v) is 2.31. The summed E-state index contributed by atoms with van der Waals surface area (Å²) in [6, 6.07) is 1.45. The van der Waals surface area contributed by atoms with Crippen molar-refractivity contribution in [2.75, 3.05) is 13.2 Å². The summed E-state index contributed by atoms with van der Waals surface area (Å²) in [6.45, 7) is 3.08. The number of rotatable bonds is 5. The third-order valence-corrected chi connectivity index (χ3v) is 3.65. The lowest BCUT2D eigenvalue weighted by molar-refractivity contribution is -0.142. The predicted octanol–water partition coefficient (Wildman–Crippen LogP) is 2.87. The minimum atomic E-state index is -1.44. The summed E-state index contributed by atoms with van der Waals surface area (Å²) in [5.74, 6) is -3.97. The van der Waals surface area contributed by atoms with Crippen LogP contribution in [-0.2, 0) is 24.4 Å². The Balaban J connectivity index is 2.28. The van der Waals surface area contributed by atoms with Crippen LogP contribution in [0.2, 0.25) is 0 Å². The molecular formula is C16H16F2O6. The molecule has 24 heavy (non-hydrogen) atoms. The highest BCUT2D eigenvalue weighted by molar-refractivity contribution is 5.94. The fourth-order valence-electron chi connectivity index (χ4n) is 2.31. The molecule has 0 radical (unpaired) electrons. The molecule has 1 saturated carbocycles. The van der Waals surface area contributed by atoms with E-state index in [1.165, 1.54) is 13.8 Å². The molecule has 1 aromatic carbocycles. The molecule has 0 amide bonds. The summed E-state index contributed by atoms with van der Waals surface area (Å²) in [7, 11) is 0. The van der Waals surface area contributed by atoms with Crippen LogP contribution in [0.15, 0.2) is 12.1 Å². The smallest absolute Gasteiger partial charge is 0.462 e. The standard InChI is InChI=1S/C16H16F2O6/c1-3-22-13(19)9-7-12(18)10(8-11(9)17)16(5-6-16)14(20)24-15(21)23-4-2/h7-8H,3-6H2,1-2H3. The molecule has 6 nitrogen and oxygen atoms in total. The monoisotopic (exact) mass is 342 g/mol. The topological polar surface area (TPSA) is 78.9 Å². The van der Waals surface area contributed by atoms with Gasteiger partial charge in [-0.2, -0.15) is 0 Å². The van der Waals surface area contributed by atoms with Crippen LogP contribution in [0.1, 0.15) is 42.6 Å². The number of ether oxygens (including phenoxy) is 3. The summed E-state index contributed by atoms with van der Waals surface area (Å²) >= 11 is 0. The molecule has 0 aromatic heterocycles. The Labute approximate surface area is 136 Å². The molecule has 0 unspecified atom stereocenters. The Hall–Kier alpha value is -2.51. The number of halogens is 2. The number of carbonyl (C=O) groups is 3. The Kier molecular flexibility index (Phi) is 5.16. The van der Waals surface area contributed by atoms with E-state index in [-0.39, 0.29) is 31.6 Å². The molecule has 0 aliphatic heterocycles. The van der Waals surface area contributed by atoms with E-state index in [4.69, 9.17) is 0 Å². The third-order valence-electron chi connectivity index (χ3n) is 3.65. The van der Waals surface area contributed by atoms with E-state index in [9.17, 15) is 23.2 Å². The van der Waals surface area contributed by atoms with Crippen molar-refractivity contribution in [2.24, 2.45) is 0 Å². The normalized spacial score (nSPS) is 14.7. The number of carbonyl (C=O) groups excluding carboxylic acids is 3. The lowest BCUT2D eigenvalue weighted by atomic mass is 9.94. The van der Waals surface area contributed by atoms with Crippen molar-refractivity contribution in [3.63, 3.8) is 0 Å². The number of hydrogen-bond acceptors (Lipinski definition) is 6. The second-order valence-corrected chi connectivity index (χ2v) is 5.19. The zero-order chi connectivity index (χ0) is 17.9. The maximum absolute atomic E-state index is 14.3. The first-order valence-corrected chi connectivity index (χ1v) is 7.41. The molecule has 1 aliphatic carbocycles. The molecular weight excluding hydrogens is 326 g/mol. The van der Waals surface area contributed by atoms with E-state index in [2.05, 4.69) is 14.2 Å². The number of esters is 2. The first-order valence-electron chi connectivity index (χ1n) is 7.41. The van der Waals surface area contributed by atoms with Crippen LogP contribution in [0.4, 0.5) is 13.6 Å². The second-order valence-electron chi connectivity index (χ2n) is 5.19. The van der Waals surface area contributed by atoms with Crippen LogP contribution >= 0.6 is 0 Å². The number of benzene rings is 1. The van der Waals surface area contributed by atoms with Crippen LogP contribution < -0.4 is 0 Å². The van der Waals surface area contributed by atoms with E-state index in [0.29, 0.717) is 6.07 Å². The Morgan fingerprint density at radius 2 is 1.67 bits per heavy atom. The van der Waals surface area contributed by atoms with Crippen molar-refractivity contribution in [1.29, 1.82) is 0 Å². The van der Waals surface area contributed by atoms with Gasteiger partial charge in [-0.05, 0) is 38.8 Å². The van der Waals surface area contributed by atoms with Gasteiger partial charge in [0, 0.05) is 5.56 Å². The van der Waals surface area contributed by atoms with Gasteiger partial charge in [0.05, 0.1) is 24.2 Å². The summed E-state index contributed by atoms with van der Waals surface area (Å²) < 4.78 is 42.0. The van der Waals surface area contributed by atoms with Crippen molar-refractivity contribution in [3.8, 4) is 0 Å². The van der Waals surface area contributed by atoms with Crippen LogP contribution in [0.25, 0.3) is 0 Å². The molecule has 130 valence electrons. The van der Waals surface area contributed by atoms with Gasteiger partial charge in [0.1, 0.15) is 11.6 Å². The lowest BCUT2D eigenvalue weighted by Gasteiger charge is -2.15. The third kappa shape index (κ3) is 3.37. The molecule has 1 fully saturated rings. The first-order chi connectivity index (χ1) is 11.4. The molecule has 0 N–H and O–H groups in total. The minimum absolute atomic E-state index is 0.0103. The molecule has 1 aromatic rings. The van der Waals surface area contributed by atoms with E-state index in [1.807, 2.05) is 0 Å². The fraction of sp³-hybridized carbons (Fsp3) is 0.438. The van der Waals surface area contributed by atoms with Crippen LogP contribution in [0.3, 0.4) is 0 Å². The van der Waals surface area contributed by atoms with Crippen molar-refractivity contribution < 1.29 is 37.4 Å². The molecule has 2 rings (SSSR count). The average Bonchev–Trinajstić information content (AvgIpc) is 3.31.